The summed E-state index contributed by atoms with van der Waals surface area (Å²) in [6.45, 7) is 1.03. The monoisotopic (exact) mass is 274 g/mol. The van der Waals surface area contributed by atoms with Crippen molar-refractivity contribution in [2.45, 2.75) is 6.42 Å². The minimum atomic E-state index is -0.669. The zero-order valence-corrected chi connectivity index (χ0v) is 11.2. The molecule has 0 aliphatic heterocycles. The van der Waals surface area contributed by atoms with Gasteiger partial charge in [0.1, 0.15) is 22.3 Å². The highest BCUT2D eigenvalue weighted by atomic mass is 32.1. The van der Waals surface area contributed by atoms with Gasteiger partial charge >= 0.3 is 0 Å². The van der Waals surface area contributed by atoms with Crippen LogP contribution in [-0.2, 0) is 4.74 Å². The molecular weight excluding hydrogens is 258 g/mol. The van der Waals surface area contributed by atoms with Crippen molar-refractivity contribution in [3.63, 3.8) is 0 Å². The summed E-state index contributed by atoms with van der Waals surface area (Å²) >= 11 is 4.69. The maximum absolute atomic E-state index is 13.8. The second-order valence-electron chi connectivity index (χ2n) is 3.92. The van der Waals surface area contributed by atoms with Gasteiger partial charge in [0.2, 0.25) is 0 Å². The summed E-state index contributed by atoms with van der Waals surface area (Å²) in [7, 11) is 3.20. The van der Waals surface area contributed by atoms with Crippen molar-refractivity contribution in [2.24, 2.45) is 5.73 Å². The van der Waals surface area contributed by atoms with E-state index in [1.165, 1.54) is 4.90 Å². The summed E-state index contributed by atoms with van der Waals surface area (Å²) in [6.07, 6.45) is 0.683. The molecule has 0 heterocycles. The molecule has 3 nitrogen and oxygen atoms in total. The van der Waals surface area contributed by atoms with Crippen LogP contribution in [-0.4, -0.2) is 32.3 Å². The quantitative estimate of drug-likeness (QED) is 0.636. The third-order valence-electron chi connectivity index (χ3n) is 2.53. The standard InChI is InChI=1S/C12H16F2N2OS/c1-16(4-3-5-17-2)11-9(13)6-8(12(15)18)7-10(11)14/h6-7H,3-5H2,1-2H3,(H2,15,18). The molecule has 0 saturated heterocycles. The zero-order chi connectivity index (χ0) is 13.7. The summed E-state index contributed by atoms with van der Waals surface area (Å²) in [6, 6.07) is 2.29. The normalized spacial score (nSPS) is 10.4. The van der Waals surface area contributed by atoms with Crippen LogP contribution in [0.2, 0.25) is 0 Å². The van der Waals surface area contributed by atoms with Crippen LogP contribution in [0.25, 0.3) is 0 Å². The lowest BCUT2D eigenvalue weighted by Gasteiger charge is -2.20. The molecule has 1 aromatic rings. The smallest absolute Gasteiger partial charge is 0.150 e. The fourth-order valence-electron chi connectivity index (χ4n) is 1.63. The molecule has 0 unspecified atom stereocenters. The van der Waals surface area contributed by atoms with E-state index in [9.17, 15) is 8.78 Å². The van der Waals surface area contributed by atoms with Crippen LogP contribution in [0.3, 0.4) is 0 Å². The summed E-state index contributed by atoms with van der Waals surface area (Å²) in [5.41, 5.74) is 5.46. The van der Waals surface area contributed by atoms with Gasteiger partial charge in [0.05, 0.1) is 0 Å². The molecule has 0 fully saturated rings. The van der Waals surface area contributed by atoms with E-state index < -0.39 is 11.6 Å². The molecule has 0 bridgehead atoms. The molecule has 100 valence electrons. The maximum atomic E-state index is 13.8. The van der Waals surface area contributed by atoms with Gasteiger partial charge < -0.3 is 15.4 Å². The molecule has 0 aliphatic rings. The predicted molar refractivity (Wildman–Crippen MR) is 72.0 cm³/mol. The number of hydrogen-bond donors (Lipinski definition) is 1. The van der Waals surface area contributed by atoms with Gasteiger partial charge in [0.25, 0.3) is 0 Å². The van der Waals surface area contributed by atoms with Crippen LogP contribution in [0.4, 0.5) is 14.5 Å². The first kappa shape index (κ1) is 14.8. The molecule has 2 N–H and O–H groups in total. The van der Waals surface area contributed by atoms with Crippen molar-refractivity contribution in [2.75, 3.05) is 32.2 Å². The van der Waals surface area contributed by atoms with Gasteiger partial charge in [-0.25, -0.2) is 8.78 Å². The lowest BCUT2D eigenvalue weighted by Crippen LogP contribution is -2.23. The van der Waals surface area contributed by atoms with Gasteiger partial charge in [-0.05, 0) is 18.6 Å². The number of anilines is 1. The molecule has 1 rings (SSSR count). The van der Waals surface area contributed by atoms with Crippen molar-refractivity contribution in [1.29, 1.82) is 0 Å². The number of hydrogen-bond acceptors (Lipinski definition) is 3. The molecule has 0 atom stereocenters. The number of nitrogens with two attached hydrogens (primary N) is 1. The van der Waals surface area contributed by atoms with Gasteiger partial charge in [-0.3, -0.25) is 0 Å². The van der Waals surface area contributed by atoms with Crippen LogP contribution in [0, 0.1) is 11.6 Å². The van der Waals surface area contributed by atoms with E-state index in [1.54, 1.807) is 14.2 Å². The average molecular weight is 274 g/mol. The predicted octanol–water partition coefficient (Wildman–Crippen LogP) is 2.07. The number of methoxy groups -OCH3 is 1. The lowest BCUT2D eigenvalue weighted by atomic mass is 10.1. The largest absolute Gasteiger partial charge is 0.389 e. The Bertz CT molecular complexity index is 417. The van der Waals surface area contributed by atoms with Crippen molar-refractivity contribution in [1.82, 2.24) is 0 Å². The first-order valence-electron chi connectivity index (χ1n) is 5.46. The number of thiocarbonyl (C=S) groups is 1. The summed E-state index contributed by atoms with van der Waals surface area (Å²) in [5.74, 6) is -1.34. The molecule has 6 heteroatoms. The Morgan fingerprint density at radius 2 is 1.94 bits per heavy atom. The summed E-state index contributed by atoms with van der Waals surface area (Å²) < 4.78 is 32.5. The molecule has 1 aromatic carbocycles. The van der Waals surface area contributed by atoms with E-state index in [4.69, 9.17) is 22.7 Å². The fourth-order valence-corrected chi connectivity index (χ4v) is 1.75. The first-order chi connectivity index (χ1) is 8.47. The molecular formula is C12H16F2N2OS. The Morgan fingerprint density at radius 3 is 2.39 bits per heavy atom. The SMILES string of the molecule is COCCCN(C)c1c(F)cc(C(N)=S)cc1F. The highest BCUT2D eigenvalue weighted by Crippen LogP contribution is 2.24. The van der Waals surface area contributed by atoms with Crippen LogP contribution in [0.5, 0.6) is 0 Å². The molecule has 0 saturated carbocycles. The van der Waals surface area contributed by atoms with E-state index in [0.717, 1.165) is 12.1 Å². The zero-order valence-electron chi connectivity index (χ0n) is 10.4. The highest BCUT2D eigenvalue weighted by Gasteiger charge is 2.15. The third-order valence-corrected chi connectivity index (χ3v) is 2.76. The fraction of sp³-hybridized carbons (Fsp3) is 0.417. The molecule has 0 radical (unpaired) electrons. The van der Waals surface area contributed by atoms with E-state index in [1.807, 2.05) is 0 Å². The van der Waals surface area contributed by atoms with Crippen LogP contribution >= 0.6 is 12.2 Å². The topological polar surface area (TPSA) is 38.5 Å². The number of halogens is 2. The molecule has 0 aliphatic carbocycles. The maximum Gasteiger partial charge on any atom is 0.150 e. The van der Waals surface area contributed by atoms with E-state index in [0.29, 0.717) is 19.6 Å². The number of nitrogens with zero attached hydrogens (tertiary/aromatic N) is 1. The van der Waals surface area contributed by atoms with Crippen molar-refractivity contribution >= 4 is 22.9 Å². The Balaban J connectivity index is 2.92. The lowest BCUT2D eigenvalue weighted by molar-refractivity contribution is 0.196. The Morgan fingerprint density at radius 1 is 1.39 bits per heavy atom. The second-order valence-corrected chi connectivity index (χ2v) is 4.36. The van der Waals surface area contributed by atoms with E-state index in [2.05, 4.69) is 0 Å². The van der Waals surface area contributed by atoms with Gasteiger partial charge in [-0.1, -0.05) is 12.2 Å². The van der Waals surface area contributed by atoms with Gasteiger partial charge in [-0.15, -0.1) is 0 Å². The minimum absolute atomic E-state index is 0.0265. The summed E-state index contributed by atoms with van der Waals surface area (Å²) in [5, 5.41) is 0. The summed E-state index contributed by atoms with van der Waals surface area (Å²) in [4.78, 5) is 1.48. The third kappa shape index (κ3) is 3.61. The average Bonchev–Trinajstić information content (AvgIpc) is 2.28. The Labute approximate surface area is 111 Å². The number of benzene rings is 1. The Hall–Kier alpha value is -1.27. The molecule has 0 amide bonds. The molecule has 0 aromatic heterocycles. The van der Waals surface area contributed by atoms with Crippen LogP contribution < -0.4 is 10.6 Å². The van der Waals surface area contributed by atoms with Crippen molar-refractivity contribution in [3.05, 3.63) is 29.3 Å². The number of ether oxygens (including phenoxy) is 1. The van der Waals surface area contributed by atoms with Gasteiger partial charge in [0, 0.05) is 32.9 Å². The van der Waals surface area contributed by atoms with Crippen LogP contribution in [0.15, 0.2) is 12.1 Å². The van der Waals surface area contributed by atoms with E-state index in [-0.39, 0.29) is 16.2 Å². The van der Waals surface area contributed by atoms with Crippen molar-refractivity contribution < 1.29 is 13.5 Å². The highest BCUT2D eigenvalue weighted by molar-refractivity contribution is 7.80. The van der Waals surface area contributed by atoms with E-state index >= 15 is 0 Å². The van der Waals surface area contributed by atoms with Gasteiger partial charge in [-0.2, -0.15) is 0 Å². The van der Waals surface area contributed by atoms with Crippen LogP contribution in [0.1, 0.15) is 12.0 Å². The molecule has 18 heavy (non-hydrogen) atoms. The van der Waals surface area contributed by atoms with Gasteiger partial charge in [0.15, 0.2) is 0 Å². The first-order valence-corrected chi connectivity index (χ1v) is 5.87. The molecule has 0 spiro atoms. The minimum Gasteiger partial charge on any atom is -0.389 e. The second kappa shape index (κ2) is 6.61. The Kier molecular flexibility index (Phi) is 5.43. The number of rotatable bonds is 6. The van der Waals surface area contributed by atoms with Crippen molar-refractivity contribution in [3.8, 4) is 0 Å².